The number of sulfonamides is 1. The van der Waals surface area contributed by atoms with Crippen molar-refractivity contribution in [2.24, 2.45) is 0 Å². The Hall–Kier alpha value is -1.85. The van der Waals surface area contributed by atoms with Gasteiger partial charge in [0.25, 0.3) is 0 Å². The smallest absolute Gasteiger partial charge is 0.242 e. The first-order chi connectivity index (χ1) is 9.39. The van der Waals surface area contributed by atoms with Crippen molar-refractivity contribution in [1.29, 1.82) is 0 Å². The molecule has 0 heterocycles. The Balaban J connectivity index is 2.19. The molecular weight excluding hydrogens is 274 g/mol. The standard InChI is InChI=1S/C15H16NO3S/c1-12-4-6-13(7-5-12)19-14-8-10-15(11-9-14)20(17,18)16(2)3/h4-11H,1H2,2-3H3. The van der Waals surface area contributed by atoms with E-state index in [9.17, 15) is 8.42 Å². The molecule has 0 saturated carbocycles. The van der Waals surface area contributed by atoms with Gasteiger partial charge in [0, 0.05) is 14.1 Å². The Morgan fingerprint density at radius 3 is 1.80 bits per heavy atom. The summed E-state index contributed by atoms with van der Waals surface area (Å²) in [7, 11) is -0.402. The van der Waals surface area contributed by atoms with Crippen molar-refractivity contribution in [3.8, 4) is 11.5 Å². The fourth-order valence-electron chi connectivity index (χ4n) is 1.58. The van der Waals surface area contributed by atoms with Gasteiger partial charge in [0.2, 0.25) is 10.0 Å². The van der Waals surface area contributed by atoms with Crippen LogP contribution in [0.2, 0.25) is 0 Å². The van der Waals surface area contributed by atoms with Crippen LogP contribution >= 0.6 is 0 Å². The van der Waals surface area contributed by atoms with Gasteiger partial charge in [-0.25, -0.2) is 12.7 Å². The summed E-state index contributed by atoms with van der Waals surface area (Å²) in [6, 6.07) is 13.6. The third-order valence-corrected chi connectivity index (χ3v) is 4.59. The first kappa shape index (κ1) is 14.6. The molecule has 4 nitrogen and oxygen atoms in total. The monoisotopic (exact) mass is 290 g/mol. The predicted molar refractivity (Wildman–Crippen MR) is 78.3 cm³/mol. The Bertz CT molecular complexity index is 674. The number of benzene rings is 2. The van der Waals surface area contributed by atoms with Crippen molar-refractivity contribution in [2.45, 2.75) is 4.90 Å². The van der Waals surface area contributed by atoms with Gasteiger partial charge in [0.15, 0.2) is 0 Å². The predicted octanol–water partition coefficient (Wildman–Crippen LogP) is 2.91. The maximum atomic E-state index is 11.9. The molecule has 0 atom stereocenters. The molecular formula is C15H16NO3S. The minimum Gasteiger partial charge on any atom is -0.457 e. The van der Waals surface area contributed by atoms with Crippen LogP contribution < -0.4 is 4.74 Å². The normalized spacial score (nSPS) is 11.6. The summed E-state index contributed by atoms with van der Waals surface area (Å²) < 4.78 is 30.6. The van der Waals surface area contributed by atoms with Crippen molar-refractivity contribution < 1.29 is 13.2 Å². The number of hydrogen-bond acceptors (Lipinski definition) is 3. The molecule has 1 radical (unpaired) electrons. The quantitative estimate of drug-likeness (QED) is 0.870. The van der Waals surface area contributed by atoms with E-state index >= 15 is 0 Å². The lowest BCUT2D eigenvalue weighted by Gasteiger charge is -2.12. The van der Waals surface area contributed by atoms with Crippen LogP contribution in [-0.4, -0.2) is 26.8 Å². The van der Waals surface area contributed by atoms with E-state index in [0.717, 1.165) is 5.56 Å². The highest BCUT2D eigenvalue weighted by Gasteiger charge is 2.16. The Morgan fingerprint density at radius 1 is 0.900 bits per heavy atom. The Labute approximate surface area is 119 Å². The molecule has 0 aliphatic rings. The van der Waals surface area contributed by atoms with E-state index in [0.29, 0.717) is 11.5 Å². The van der Waals surface area contributed by atoms with Crippen molar-refractivity contribution in [2.75, 3.05) is 14.1 Å². The molecule has 0 amide bonds. The number of nitrogens with zero attached hydrogens (tertiary/aromatic N) is 1. The number of hydrogen-bond donors (Lipinski definition) is 0. The highest BCUT2D eigenvalue weighted by atomic mass is 32.2. The van der Waals surface area contributed by atoms with Crippen LogP contribution in [0, 0.1) is 6.92 Å². The van der Waals surface area contributed by atoms with Gasteiger partial charge >= 0.3 is 0 Å². The second kappa shape index (κ2) is 5.64. The molecule has 2 rings (SSSR count). The zero-order valence-corrected chi connectivity index (χ0v) is 12.2. The van der Waals surface area contributed by atoms with E-state index in [-0.39, 0.29) is 4.90 Å². The largest absolute Gasteiger partial charge is 0.457 e. The molecule has 0 aliphatic carbocycles. The topological polar surface area (TPSA) is 46.6 Å². The molecule has 0 spiro atoms. The summed E-state index contributed by atoms with van der Waals surface area (Å²) >= 11 is 0. The molecule has 0 bridgehead atoms. The van der Waals surface area contributed by atoms with Gasteiger partial charge in [-0.15, -0.1) is 0 Å². The van der Waals surface area contributed by atoms with Crippen molar-refractivity contribution in [3.63, 3.8) is 0 Å². The zero-order valence-electron chi connectivity index (χ0n) is 11.4. The second-order valence-corrected chi connectivity index (χ2v) is 6.66. The molecule has 0 aliphatic heterocycles. The van der Waals surface area contributed by atoms with Gasteiger partial charge in [-0.3, -0.25) is 0 Å². The summed E-state index contributed by atoms with van der Waals surface area (Å²) in [5.74, 6) is 1.26. The summed E-state index contributed by atoms with van der Waals surface area (Å²) in [6.07, 6.45) is 0. The Morgan fingerprint density at radius 2 is 1.35 bits per heavy atom. The minimum atomic E-state index is -3.40. The molecule has 20 heavy (non-hydrogen) atoms. The molecule has 105 valence electrons. The first-order valence-electron chi connectivity index (χ1n) is 6.02. The van der Waals surface area contributed by atoms with Gasteiger partial charge in [-0.2, -0.15) is 0 Å². The van der Waals surface area contributed by atoms with Crippen LogP contribution in [0.1, 0.15) is 5.56 Å². The van der Waals surface area contributed by atoms with Gasteiger partial charge in [-0.05, 0) is 48.9 Å². The fraction of sp³-hybridized carbons (Fsp3) is 0.133. The molecule has 0 saturated heterocycles. The highest BCUT2D eigenvalue weighted by molar-refractivity contribution is 7.89. The summed E-state index contributed by atoms with van der Waals surface area (Å²) in [4.78, 5) is 0.239. The van der Waals surface area contributed by atoms with Crippen molar-refractivity contribution >= 4 is 10.0 Å². The van der Waals surface area contributed by atoms with Crippen LogP contribution in [0.15, 0.2) is 53.4 Å². The molecule has 2 aromatic rings. The zero-order chi connectivity index (χ0) is 14.8. The molecule has 5 heteroatoms. The molecule has 0 N–H and O–H groups in total. The Kier molecular flexibility index (Phi) is 4.11. The molecule has 0 unspecified atom stereocenters. The lowest BCUT2D eigenvalue weighted by atomic mass is 10.2. The molecule has 0 fully saturated rings. The third-order valence-electron chi connectivity index (χ3n) is 2.76. The second-order valence-electron chi connectivity index (χ2n) is 4.50. The number of rotatable bonds is 4. The summed E-state index contributed by atoms with van der Waals surface area (Å²) in [5.41, 5.74) is 0.907. The fourth-order valence-corrected chi connectivity index (χ4v) is 2.49. The van der Waals surface area contributed by atoms with Gasteiger partial charge in [0.05, 0.1) is 4.90 Å². The SMILES string of the molecule is [CH2]c1ccc(Oc2ccc(S(=O)(=O)N(C)C)cc2)cc1. The maximum Gasteiger partial charge on any atom is 0.242 e. The van der Waals surface area contributed by atoms with Crippen LogP contribution in [0.4, 0.5) is 0 Å². The first-order valence-corrected chi connectivity index (χ1v) is 7.46. The van der Waals surface area contributed by atoms with Gasteiger partial charge in [-0.1, -0.05) is 12.1 Å². The van der Waals surface area contributed by atoms with E-state index in [1.165, 1.54) is 30.5 Å². The van der Waals surface area contributed by atoms with Crippen LogP contribution in [0.5, 0.6) is 11.5 Å². The lowest BCUT2D eigenvalue weighted by molar-refractivity contribution is 0.481. The van der Waals surface area contributed by atoms with Crippen molar-refractivity contribution in [3.05, 3.63) is 61.0 Å². The van der Waals surface area contributed by atoms with Gasteiger partial charge in [0.1, 0.15) is 11.5 Å². The van der Waals surface area contributed by atoms with E-state index in [1.807, 2.05) is 24.3 Å². The summed E-state index contributed by atoms with van der Waals surface area (Å²) in [6.45, 7) is 3.80. The van der Waals surface area contributed by atoms with Crippen molar-refractivity contribution in [1.82, 2.24) is 4.31 Å². The highest BCUT2D eigenvalue weighted by Crippen LogP contribution is 2.23. The van der Waals surface area contributed by atoms with Crippen LogP contribution in [0.3, 0.4) is 0 Å². The number of ether oxygens (including phenoxy) is 1. The molecule has 2 aromatic carbocycles. The molecule has 0 aromatic heterocycles. The van der Waals surface area contributed by atoms with Crippen LogP contribution in [-0.2, 0) is 10.0 Å². The van der Waals surface area contributed by atoms with Crippen LogP contribution in [0.25, 0.3) is 0 Å². The average Bonchev–Trinajstić information content (AvgIpc) is 2.42. The van der Waals surface area contributed by atoms with Gasteiger partial charge < -0.3 is 4.74 Å². The van der Waals surface area contributed by atoms with E-state index in [4.69, 9.17) is 4.74 Å². The van der Waals surface area contributed by atoms with E-state index in [1.54, 1.807) is 12.1 Å². The summed E-state index contributed by atoms with van der Waals surface area (Å²) in [5, 5.41) is 0. The lowest BCUT2D eigenvalue weighted by Crippen LogP contribution is -2.22. The maximum absolute atomic E-state index is 11.9. The average molecular weight is 290 g/mol. The minimum absolute atomic E-state index is 0.239. The third kappa shape index (κ3) is 3.18. The van der Waals surface area contributed by atoms with E-state index < -0.39 is 10.0 Å². The van der Waals surface area contributed by atoms with E-state index in [2.05, 4.69) is 6.92 Å².